The summed E-state index contributed by atoms with van der Waals surface area (Å²) in [6.07, 6.45) is 3.17. The van der Waals surface area contributed by atoms with Gasteiger partial charge in [0.15, 0.2) is 0 Å². The molecular formula is C17H23N5O3S. The summed E-state index contributed by atoms with van der Waals surface area (Å²) in [6.45, 7) is 4.02. The molecule has 26 heavy (non-hydrogen) atoms. The van der Waals surface area contributed by atoms with Gasteiger partial charge in [-0.15, -0.1) is 0 Å². The van der Waals surface area contributed by atoms with Crippen molar-refractivity contribution in [2.45, 2.75) is 45.4 Å². The molecule has 8 nitrogen and oxygen atoms in total. The van der Waals surface area contributed by atoms with E-state index < -0.39 is 15.9 Å². The lowest BCUT2D eigenvalue weighted by atomic mass is 10.2. The Morgan fingerprint density at radius 3 is 2.85 bits per heavy atom. The fraction of sp³-hybridized carbons (Fsp3) is 0.588. The van der Waals surface area contributed by atoms with Gasteiger partial charge in [-0.1, -0.05) is 0 Å². The molecule has 2 aromatic rings. The van der Waals surface area contributed by atoms with Crippen LogP contribution in [0.3, 0.4) is 0 Å². The molecule has 0 bridgehead atoms. The minimum Gasteiger partial charge on any atom is -0.386 e. The maximum Gasteiger partial charge on any atom is 0.150 e. The van der Waals surface area contributed by atoms with Crippen molar-refractivity contribution in [2.24, 2.45) is 0 Å². The first kappa shape index (κ1) is 17.4. The fourth-order valence-electron chi connectivity index (χ4n) is 3.80. The quantitative estimate of drug-likeness (QED) is 0.831. The van der Waals surface area contributed by atoms with Crippen LogP contribution in [0.4, 0.5) is 5.82 Å². The molecule has 1 atom stereocenters. The van der Waals surface area contributed by atoms with Gasteiger partial charge in [0.05, 0.1) is 30.2 Å². The van der Waals surface area contributed by atoms with E-state index >= 15 is 0 Å². The first-order valence-electron chi connectivity index (χ1n) is 8.84. The van der Waals surface area contributed by atoms with Gasteiger partial charge in [0.25, 0.3) is 0 Å². The number of nitrogens with zero attached hydrogens (tertiary/aromatic N) is 5. The van der Waals surface area contributed by atoms with Crippen LogP contribution in [0.15, 0.2) is 6.07 Å². The van der Waals surface area contributed by atoms with E-state index in [2.05, 4.69) is 20.0 Å². The van der Waals surface area contributed by atoms with Gasteiger partial charge in [0.1, 0.15) is 27.6 Å². The van der Waals surface area contributed by atoms with E-state index in [1.807, 2.05) is 11.6 Å². The molecule has 1 unspecified atom stereocenters. The van der Waals surface area contributed by atoms with Gasteiger partial charge < -0.3 is 10.0 Å². The smallest absolute Gasteiger partial charge is 0.150 e. The monoisotopic (exact) mass is 377 g/mol. The zero-order valence-electron chi connectivity index (χ0n) is 15.0. The molecule has 140 valence electrons. The van der Waals surface area contributed by atoms with Crippen molar-refractivity contribution in [3.05, 3.63) is 34.5 Å². The van der Waals surface area contributed by atoms with Crippen LogP contribution in [-0.4, -0.2) is 51.8 Å². The Labute approximate surface area is 152 Å². The second-order valence-electron chi connectivity index (χ2n) is 7.19. The maximum atomic E-state index is 11.4. The summed E-state index contributed by atoms with van der Waals surface area (Å²) in [5.74, 6) is 1.49. The van der Waals surface area contributed by atoms with E-state index in [0.29, 0.717) is 18.8 Å². The molecule has 0 spiro atoms. The number of aliphatic hydroxyl groups is 1. The highest BCUT2D eigenvalue weighted by molar-refractivity contribution is 7.90. The highest BCUT2D eigenvalue weighted by Crippen LogP contribution is 2.31. The molecular weight excluding hydrogens is 354 g/mol. The van der Waals surface area contributed by atoms with Crippen LogP contribution < -0.4 is 4.90 Å². The van der Waals surface area contributed by atoms with E-state index in [-0.39, 0.29) is 5.75 Å². The van der Waals surface area contributed by atoms with Crippen LogP contribution in [0, 0.1) is 6.92 Å². The van der Waals surface area contributed by atoms with Crippen LogP contribution >= 0.6 is 0 Å². The van der Waals surface area contributed by atoms with Crippen molar-refractivity contribution >= 4 is 15.7 Å². The van der Waals surface area contributed by atoms with Crippen molar-refractivity contribution in [2.75, 3.05) is 23.5 Å². The molecule has 2 aromatic heterocycles. The molecule has 0 radical (unpaired) electrons. The maximum absolute atomic E-state index is 11.4. The van der Waals surface area contributed by atoms with Crippen LogP contribution in [0.1, 0.15) is 41.0 Å². The van der Waals surface area contributed by atoms with Crippen molar-refractivity contribution in [3.8, 4) is 0 Å². The third kappa shape index (κ3) is 3.33. The fourth-order valence-corrected chi connectivity index (χ4v) is 4.54. The first-order chi connectivity index (χ1) is 12.3. The SMILES string of the molecule is Cc1nc2c(c(N3CCn4nc(C(O)CS(C)(=O)=O)cc4C3)n1)CCC2. The Morgan fingerprint density at radius 2 is 2.08 bits per heavy atom. The predicted molar refractivity (Wildman–Crippen MR) is 96.7 cm³/mol. The zero-order chi connectivity index (χ0) is 18.5. The highest BCUT2D eigenvalue weighted by Gasteiger charge is 2.27. The van der Waals surface area contributed by atoms with Crippen molar-refractivity contribution in [1.29, 1.82) is 0 Å². The Bertz CT molecular complexity index is 954. The molecule has 1 N–H and O–H groups in total. The van der Waals surface area contributed by atoms with E-state index in [1.54, 1.807) is 6.07 Å². The molecule has 0 fully saturated rings. The molecule has 0 saturated heterocycles. The van der Waals surface area contributed by atoms with E-state index in [1.165, 1.54) is 5.56 Å². The van der Waals surface area contributed by atoms with Crippen molar-refractivity contribution in [3.63, 3.8) is 0 Å². The molecule has 2 aliphatic rings. The minimum absolute atomic E-state index is 0.314. The first-order valence-corrected chi connectivity index (χ1v) is 10.9. The summed E-state index contributed by atoms with van der Waals surface area (Å²) in [5, 5.41) is 14.6. The number of aromatic nitrogens is 4. The standard InChI is InChI=1S/C17H23N5O3S/c1-11-18-14-5-3-4-13(14)17(19-11)21-6-7-22-12(9-21)8-15(20-22)16(23)10-26(2,24)25/h8,16,23H,3-7,9-10H2,1-2H3. The number of aliphatic hydroxyl groups excluding tert-OH is 1. The van der Waals surface area contributed by atoms with Crippen molar-refractivity contribution < 1.29 is 13.5 Å². The molecule has 1 aliphatic heterocycles. The summed E-state index contributed by atoms with van der Waals surface area (Å²) in [7, 11) is -3.26. The summed E-state index contributed by atoms with van der Waals surface area (Å²) >= 11 is 0. The second-order valence-corrected chi connectivity index (χ2v) is 9.37. The third-order valence-electron chi connectivity index (χ3n) is 4.94. The molecule has 3 heterocycles. The molecule has 0 aromatic carbocycles. The molecule has 0 amide bonds. The summed E-state index contributed by atoms with van der Waals surface area (Å²) < 4.78 is 24.7. The van der Waals surface area contributed by atoms with Gasteiger partial charge in [0.2, 0.25) is 0 Å². The van der Waals surface area contributed by atoms with Gasteiger partial charge in [-0.2, -0.15) is 5.10 Å². The number of sulfone groups is 1. The van der Waals surface area contributed by atoms with E-state index in [0.717, 1.165) is 55.1 Å². The number of hydrogen-bond donors (Lipinski definition) is 1. The van der Waals surface area contributed by atoms with Gasteiger partial charge in [-0.25, -0.2) is 18.4 Å². The van der Waals surface area contributed by atoms with Crippen LogP contribution in [0.25, 0.3) is 0 Å². The van der Waals surface area contributed by atoms with Gasteiger partial charge in [-0.05, 0) is 32.3 Å². The zero-order valence-corrected chi connectivity index (χ0v) is 15.8. The molecule has 1 aliphatic carbocycles. The average molecular weight is 377 g/mol. The summed E-state index contributed by atoms with van der Waals surface area (Å²) in [4.78, 5) is 11.5. The second kappa shape index (κ2) is 6.31. The Kier molecular flexibility index (Phi) is 4.23. The molecule has 4 rings (SSSR count). The average Bonchev–Trinajstić information content (AvgIpc) is 3.17. The number of hydrogen-bond acceptors (Lipinski definition) is 7. The molecule has 0 saturated carbocycles. The lowest BCUT2D eigenvalue weighted by Gasteiger charge is -2.30. The van der Waals surface area contributed by atoms with Gasteiger partial charge >= 0.3 is 0 Å². The number of aryl methyl sites for hydroxylation is 2. The van der Waals surface area contributed by atoms with Crippen LogP contribution in [0.2, 0.25) is 0 Å². The molecule has 9 heteroatoms. The number of fused-ring (bicyclic) bond motifs is 2. The topological polar surface area (TPSA) is 101 Å². The predicted octanol–water partition coefficient (Wildman–Crippen LogP) is 0.568. The lowest BCUT2D eigenvalue weighted by molar-refractivity contribution is 0.195. The largest absolute Gasteiger partial charge is 0.386 e. The third-order valence-corrected chi connectivity index (χ3v) is 5.86. The van der Waals surface area contributed by atoms with Crippen LogP contribution in [-0.2, 0) is 35.8 Å². The van der Waals surface area contributed by atoms with E-state index in [4.69, 9.17) is 0 Å². The summed E-state index contributed by atoms with van der Waals surface area (Å²) in [6, 6.07) is 1.80. The van der Waals surface area contributed by atoms with Gasteiger partial charge in [-0.3, -0.25) is 4.68 Å². The Morgan fingerprint density at radius 1 is 1.27 bits per heavy atom. The van der Waals surface area contributed by atoms with E-state index in [9.17, 15) is 13.5 Å². The number of anilines is 1. The Balaban J connectivity index is 1.59. The Hall–Kier alpha value is -2.00. The van der Waals surface area contributed by atoms with Gasteiger partial charge in [0, 0.05) is 24.1 Å². The normalized spacial score (nSPS) is 17.9. The summed E-state index contributed by atoms with van der Waals surface area (Å²) in [5.41, 5.74) is 3.79. The lowest BCUT2D eigenvalue weighted by Crippen LogP contribution is -2.35. The van der Waals surface area contributed by atoms with Crippen LogP contribution in [0.5, 0.6) is 0 Å². The van der Waals surface area contributed by atoms with Crippen molar-refractivity contribution in [1.82, 2.24) is 19.7 Å². The minimum atomic E-state index is -3.26. The number of rotatable bonds is 4. The highest BCUT2D eigenvalue weighted by atomic mass is 32.2.